The molecule has 0 radical (unpaired) electrons. The molecule has 0 atom stereocenters. The quantitative estimate of drug-likeness (QED) is 0.890. The minimum atomic E-state index is -0.817. The summed E-state index contributed by atoms with van der Waals surface area (Å²) < 4.78 is 2.29. The highest BCUT2D eigenvalue weighted by atomic mass is 16.3. The van der Waals surface area contributed by atoms with E-state index in [9.17, 15) is 5.11 Å². The Morgan fingerprint density at radius 1 is 1.37 bits per heavy atom. The number of aromatic nitrogens is 2. The van der Waals surface area contributed by atoms with Gasteiger partial charge in [-0.1, -0.05) is 6.07 Å². The average Bonchev–Trinajstić information content (AvgIpc) is 2.64. The molecule has 2 aromatic rings. The van der Waals surface area contributed by atoms with Crippen molar-refractivity contribution in [3.05, 3.63) is 23.8 Å². The molecule has 0 spiro atoms. The van der Waals surface area contributed by atoms with Gasteiger partial charge >= 0.3 is 0 Å². The van der Waals surface area contributed by atoms with Gasteiger partial charge in [-0.15, -0.1) is 0 Å². The van der Waals surface area contributed by atoms with Crippen LogP contribution in [0, 0.1) is 0 Å². The molecule has 0 unspecified atom stereocenters. The van der Waals surface area contributed by atoms with Crippen LogP contribution in [0.3, 0.4) is 0 Å². The molecule has 3 rings (SSSR count). The van der Waals surface area contributed by atoms with E-state index in [0.29, 0.717) is 6.04 Å². The Balaban J connectivity index is 2.19. The zero-order valence-electron chi connectivity index (χ0n) is 11.8. The van der Waals surface area contributed by atoms with Crippen LogP contribution in [-0.4, -0.2) is 21.7 Å². The zero-order valence-corrected chi connectivity index (χ0v) is 11.8. The highest BCUT2D eigenvalue weighted by molar-refractivity contribution is 5.80. The van der Waals surface area contributed by atoms with Crippen molar-refractivity contribution >= 4 is 17.0 Å². The molecular formula is C15H21N3O. The summed E-state index contributed by atoms with van der Waals surface area (Å²) in [4.78, 5) is 4.63. The first-order valence-electron chi connectivity index (χ1n) is 6.93. The Hall–Kier alpha value is -1.55. The van der Waals surface area contributed by atoms with Crippen LogP contribution >= 0.6 is 0 Å². The molecule has 1 heterocycles. The normalized spacial score (nSPS) is 16.6. The maximum atomic E-state index is 10.2. The second kappa shape index (κ2) is 4.23. The molecule has 0 aliphatic heterocycles. The number of nitrogens with zero attached hydrogens (tertiary/aromatic N) is 2. The second-order valence-corrected chi connectivity index (χ2v) is 5.90. The van der Waals surface area contributed by atoms with Crippen LogP contribution in [0.15, 0.2) is 18.2 Å². The minimum absolute atomic E-state index is 0.546. The number of anilines is 1. The topological polar surface area (TPSA) is 50.1 Å². The summed E-state index contributed by atoms with van der Waals surface area (Å²) in [5, 5.41) is 13.3. The first-order valence-corrected chi connectivity index (χ1v) is 6.93. The summed E-state index contributed by atoms with van der Waals surface area (Å²) in [6, 6.07) is 6.57. The fraction of sp³-hybridized carbons (Fsp3) is 0.533. The molecule has 0 amide bonds. The summed E-state index contributed by atoms with van der Waals surface area (Å²) in [5.41, 5.74) is 2.23. The van der Waals surface area contributed by atoms with E-state index in [0.717, 1.165) is 22.5 Å². The van der Waals surface area contributed by atoms with Gasteiger partial charge in [0.2, 0.25) is 5.95 Å². The van der Waals surface area contributed by atoms with Crippen molar-refractivity contribution in [2.24, 2.45) is 0 Å². The molecule has 0 saturated heterocycles. The third-order valence-corrected chi connectivity index (χ3v) is 4.06. The average molecular weight is 259 g/mol. The molecule has 1 aliphatic carbocycles. The van der Waals surface area contributed by atoms with E-state index in [2.05, 4.69) is 20.9 Å². The smallest absolute Gasteiger partial charge is 0.203 e. The van der Waals surface area contributed by atoms with E-state index < -0.39 is 5.60 Å². The van der Waals surface area contributed by atoms with E-state index in [-0.39, 0.29) is 0 Å². The molecule has 1 aromatic carbocycles. The van der Waals surface area contributed by atoms with Gasteiger partial charge in [-0.2, -0.15) is 0 Å². The molecule has 1 aromatic heterocycles. The van der Waals surface area contributed by atoms with Gasteiger partial charge in [0.05, 0.1) is 16.6 Å². The summed E-state index contributed by atoms with van der Waals surface area (Å²) in [6.07, 6.45) is 3.72. The Labute approximate surface area is 113 Å². The van der Waals surface area contributed by atoms with E-state index in [1.54, 1.807) is 0 Å². The van der Waals surface area contributed by atoms with Gasteiger partial charge in [0.15, 0.2) is 0 Å². The molecule has 0 bridgehead atoms. The van der Waals surface area contributed by atoms with Gasteiger partial charge in [-0.05, 0) is 50.8 Å². The Bertz CT molecular complexity index is 606. The van der Waals surface area contributed by atoms with Crippen LogP contribution in [0.5, 0.6) is 0 Å². The van der Waals surface area contributed by atoms with Crippen LogP contribution in [0.1, 0.15) is 44.7 Å². The molecule has 19 heavy (non-hydrogen) atoms. The minimum Gasteiger partial charge on any atom is -0.386 e. The molecular weight excluding hydrogens is 238 g/mol. The van der Waals surface area contributed by atoms with Crippen LogP contribution in [0.4, 0.5) is 5.95 Å². The molecule has 1 aliphatic rings. The van der Waals surface area contributed by atoms with Gasteiger partial charge in [-0.25, -0.2) is 4.98 Å². The fourth-order valence-corrected chi connectivity index (χ4v) is 2.66. The van der Waals surface area contributed by atoms with Gasteiger partial charge in [0.25, 0.3) is 0 Å². The lowest BCUT2D eigenvalue weighted by atomic mass is 9.92. The summed E-state index contributed by atoms with van der Waals surface area (Å²) in [7, 11) is 1.91. The van der Waals surface area contributed by atoms with E-state index in [1.165, 1.54) is 19.3 Å². The Morgan fingerprint density at radius 3 is 2.63 bits per heavy atom. The van der Waals surface area contributed by atoms with Crippen LogP contribution in [0.25, 0.3) is 11.0 Å². The van der Waals surface area contributed by atoms with Crippen molar-refractivity contribution in [1.29, 1.82) is 0 Å². The number of fused-ring (bicyclic) bond motifs is 1. The number of nitrogens with one attached hydrogen (secondary N) is 1. The molecule has 4 heteroatoms. The van der Waals surface area contributed by atoms with Crippen molar-refractivity contribution in [3.8, 4) is 0 Å². The van der Waals surface area contributed by atoms with Gasteiger partial charge in [-0.3, -0.25) is 0 Å². The van der Waals surface area contributed by atoms with E-state index in [1.807, 2.05) is 33.0 Å². The lowest BCUT2D eigenvalue weighted by molar-refractivity contribution is 0.0787. The first kappa shape index (κ1) is 12.5. The lowest BCUT2D eigenvalue weighted by Gasteiger charge is -2.29. The largest absolute Gasteiger partial charge is 0.386 e. The maximum Gasteiger partial charge on any atom is 0.203 e. The van der Waals surface area contributed by atoms with Crippen molar-refractivity contribution in [2.75, 3.05) is 12.4 Å². The van der Waals surface area contributed by atoms with Gasteiger partial charge in [0.1, 0.15) is 0 Å². The van der Waals surface area contributed by atoms with Gasteiger partial charge < -0.3 is 15.0 Å². The highest BCUT2D eigenvalue weighted by Gasteiger charge is 2.25. The lowest BCUT2D eigenvalue weighted by Crippen LogP contribution is -2.19. The fourth-order valence-electron chi connectivity index (χ4n) is 2.66. The van der Waals surface area contributed by atoms with E-state index in [4.69, 9.17) is 0 Å². The number of rotatable bonds is 3. The number of benzene rings is 1. The van der Waals surface area contributed by atoms with Crippen molar-refractivity contribution in [2.45, 2.75) is 44.8 Å². The zero-order chi connectivity index (χ0) is 13.6. The van der Waals surface area contributed by atoms with Crippen LogP contribution in [-0.2, 0) is 5.60 Å². The van der Waals surface area contributed by atoms with Crippen molar-refractivity contribution < 1.29 is 5.11 Å². The number of aliphatic hydroxyl groups is 1. The number of imidazole rings is 1. The molecule has 1 fully saturated rings. The highest BCUT2D eigenvalue weighted by Crippen LogP contribution is 2.37. The maximum absolute atomic E-state index is 10.2. The molecule has 1 saturated carbocycles. The molecule has 2 N–H and O–H groups in total. The predicted octanol–water partition coefficient (Wildman–Crippen LogP) is 3.03. The second-order valence-electron chi connectivity index (χ2n) is 5.90. The third kappa shape index (κ3) is 2.00. The number of hydrogen-bond donors (Lipinski definition) is 2. The first-order chi connectivity index (χ1) is 9.00. The molecule has 102 valence electrons. The van der Waals surface area contributed by atoms with Crippen molar-refractivity contribution in [3.63, 3.8) is 0 Å². The van der Waals surface area contributed by atoms with Crippen molar-refractivity contribution in [1.82, 2.24) is 9.55 Å². The third-order valence-electron chi connectivity index (χ3n) is 4.06. The summed E-state index contributed by atoms with van der Waals surface area (Å²) >= 11 is 0. The Kier molecular flexibility index (Phi) is 2.78. The van der Waals surface area contributed by atoms with E-state index >= 15 is 0 Å². The SMILES string of the molecule is CNc1nc2ccc(C(C)(C)O)cc2n1C1CCC1. The number of hydrogen-bond acceptors (Lipinski definition) is 3. The van der Waals surface area contributed by atoms with Gasteiger partial charge in [0, 0.05) is 13.1 Å². The molecule has 4 nitrogen and oxygen atoms in total. The monoisotopic (exact) mass is 259 g/mol. The Morgan fingerprint density at radius 2 is 2.11 bits per heavy atom. The summed E-state index contributed by atoms with van der Waals surface area (Å²) in [6.45, 7) is 3.63. The van der Waals surface area contributed by atoms with Crippen LogP contribution < -0.4 is 5.32 Å². The standard InChI is InChI=1S/C15H21N3O/c1-15(2,19)10-7-8-12-13(9-10)18(11-5-4-6-11)14(16-3)17-12/h7-9,11,19H,4-6H2,1-3H3,(H,16,17). The predicted molar refractivity (Wildman–Crippen MR) is 77.4 cm³/mol. The van der Waals surface area contributed by atoms with Crippen LogP contribution in [0.2, 0.25) is 0 Å². The summed E-state index contributed by atoms with van der Waals surface area (Å²) in [5.74, 6) is 0.924.